The molecule has 1 fully saturated rings. The number of nitrogens with zero attached hydrogens (tertiary/aromatic N) is 2. The summed E-state index contributed by atoms with van der Waals surface area (Å²) in [5, 5.41) is 1.08. The molecule has 0 N–H and O–H groups in total. The van der Waals surface area contributed by atoms with E-state index in [-0.39, 0.29) is 15.7 Å². The molecule has 1 heterocycles. The Morgan fingerprint density at radius 3 is 1.19 bits per heavy atom. The molecule has 0 aliphatic carbocycles. The van der Waals surface area contributed by atoms with Crippen molar-refractivity contribution in [3.63, 3.8) is 0 Å². The standard InChI is InChI=1S/C27H39N2.C6H4Cl2S.C2H4.ClH.Ru/c1-18(2)22-11-9-12-23(19(3)4)26(22)28-15-16-29(17-28)27-24(20(5)6)13-10-14-25(27)21(7)8;7-4-2-1-3-5(8)6(4)9;1-2;;/h9-14,17-21H,15-16H2,1-8H3;1-3,9H;1H,2H3;1H;/q-1;;;;+1/p-2. The van der Waals surface area contributed by atoms with Crippen LogP contribution in [0, 0.1) is 6.67 Å². The third-order valence-electron chi connectivity index (χ3n) is 7.12. The van der Waals surface area contributed by atoms with Crippen LogP contribution in [0.3, 0.4) is 0 Å². The third-order valence-corrected chi connectivity index (χ3v) is 9.70. The summed E-state index contributed by atoms with van der Waals surface area (Å²) >= 11 is 16.2. The normalized spacial score (nSPS) is 13.4. The molecule has 0 bridgehead atoms. The van der Waals surface area contributed by atoms with Crippen LogP contribution in [-0.2, 0) is 28.3 Å². The maximum absolute atomic E-state index is 5.63. The van der Waals surface area contributed by atoms with Gasteiger partial charge in [-0.05, 0) is 58.1 Å². The van der Waals surface area contributed by atoms with Crippen LogP contribution in [0.1, 0.15) is 108 Å². The van der Waals surface area contributed by atoms with Crippen molar-refractivity contribution >= 4 is 61.5 Å². The quantitative estimate of drug-likeness (QED) is 0.141. The molecule has 4 rings (SSSR count). The Morgan fingerprint density at radius 2 is 0.952 bits per heavy atom. The Balaban J connectivity index is 0.000000392. The predicted octanol–water partition coefficient (Wildman–Crippen LogP) is 11.6. The second-order valence-corrected chi connectivity index (χ2v) is 15.0. The monoisotopic (exact) mass is 733 g/mol. The zero-order valence-electron chi connectivity index (χ0n) is 26.4. The van der Waals surface area contributed by atoms with Crippen LogP contribution in [0.25, 0.3) is 0 Å². The van der Waals surface area contributed by atoms with Gasteiger partial charge in [0.15, 0.2) is 0 Å². The van der Waals surface area contributed by atoms with Gasteiger partial charge in [0.25, 0.3) is 0 Å². The zero-order valence-corrected chi connectivity index (χ0v) is 31.2. The molecule has 0 amide bonds. The molecule has 2 nitrogen and oxygen atoms in total. The molecule has 3 aromatic carbocycles. The number of para-hydroxylation sites is 2. The molecule has 3 aromatic rings. The van der Waals surface area contributed by atoms with E-state index < -0.39 is 0 Å². The molecule has 0 unspecified atom stereocenters. The average molecular weight is 734 g/mol. The Kier molecular flexibility index (Phi) is 15.8. The summed E-state index contributed by atoms with van der Waals surface area (Å²) in [6.45, 7) is 24.9. The minimum atomic E-state index is 0.0867. The van der Waals surface area contributed by atoms with Gasteiger partial charge >= 0.3 is 36.9 Å². The molecule has 0 aromatic heterocycles. The van der Waals surface area contributed by atoms with E-state index in [4.69, 9.17) is 45.5 Å². The summed E-state index contributed by atoms with van der Waals surface area (Å²) in [6.07, 6.45) is 0. The van der Waals surface area contributed by atoms with Gasteiger partial charge in [-0.3, -0.25) is 0 Å². The summed E-state index contributed by atoms with van der Waals surface area (Å²) in [6, 6.07) is 18.9. The molecular formula is C35H46Cl3N2RuS-2. The van der Waals surface area contributed by atoms with Crippen molar-refractivity contribution in [2.24, 2.45) is 0 Å². The fraction of sp³-hybridized carbons (Fsp3) is 0.429. The molecule has 1 aliphatic heterocycles. The van der Waals surface area contributed by atoms with Gasteiger partial charge in [0.05, 0.1) is 0 Å². The maximum Gasteiger partial charge on any atom is 0.0229 e. The number of hydrogen-bond acceptors (Lipinski definition) is 3. The molecule has 7 heteroatoms. The van der Waals surface area contributed by atoms with E-state index in [1.165, 1.54) is 33.6 Å². The first kappa shape index (κ1) is 37.0. The summed E-state index contributed by atoms with van der Waals surface area (Å²) in [7, 11) is 5.22. The minimum Gasteiger partial charge on any atom is -0.777 e. The van der Waals surface area contributed by atoms with E-state index in [0.717, 1.165) is 13.1 Å². The van der Waals surface area contributed by atoms with Gasteiger partial charge in [-0.25, -0.2) is 0 Å². The van der Waals surface area contributed by atoms with Gasteiger partial charge in [-0.15, -0.1) is 4.90 Å². The molecule has 0 spiro atoms. The number of halogens is 3. The van der Waals surface area contributed by atoms with Crippen LogP contribution in [0.4, 0.5) is 11.4 Å². The Hall–Kier alpha value is -1.16. The summed E-state index contributed by atoms with van der Waals surface area (Å²) in [5.41, 5.74) is 8.67. The number of rotatable bonds is 6. The Labute approximate surface area is 282 Å². The van der Waals surface area contributed by atoms with Crippen LogP contribution in [0.2, 0.25) is 10.0 Å². The van der Waals surface area contributed by atoms with Crippen LogP contribution in [0.15, 0.2) is 59.5 Å². The van der Waals surface area contributed by atoms with Crippen molar-refractivity contribution in [3.8, 4) is 0 Å². The molecule has 0 saturated carbocycles. The van der Waals surface area contributed by atoms with E-state index in [1.54, 1.807) is 18.2 Å². The molecule has 1 saturated heterocycles. The van der Waals surface area contributed by atoms with Crippen molar-refractivity contribution in [2.75, 3.05) is 22.9 Å². The van der Waals surface area contributed by atoms with Gasteiger partial charge in [-0.1, -0.05) is 121 Å². The minimum absolute atomic E-state index is 0.0867. The van der Waals surface area contributed by atoms with Gasteiger partial charge in [0.2, 0.25) is 0 Å². The van der Waals surface area contributed by atoms with Gasteiger partial charge in [-0.2, -0.15) is 6.67 Å². The number of hydrogen-bond donors (Lipinski definition) is 0. The van der Waals surface area contributed by atoms with Crippen molar-refractivity contribution in [2.45, 2.75) is 90.9 Å². The van der Waals surface area contributed by atoms with Gasteiger partial charge in [0.1, 0.15) is 0 Å². The molecule has 0 atom stereocenters. The Morgan fingerprint density at radius 1 is 0.667 bits per heavy atom. The first-order valence-corrected chi connectivity index (χ1v) is 19.0. The molecule has 1 aliphatic rings. The maximum atomic E-state index is 5.63. The summed E-state index contributed by atoms with van der Waals surface area (Å²) in [5.74, 6) is 2.06. The van der Waals surface area contributed by atoms with E-state index >= 15 is 0 Å². The summed E-state index contributed by atoms with van der Waals surface area (Å²) < 4.78 is 1.98. The van der Waals surface area contributed by atoms with Crippen molar-refractivity contribution in [1.29, 1.82) is 0 Å². The van der Waals surface area contributed by atoms with Gasteiger partial charge in [0, 0.05) is 34.5 Å². The average Bonchev–Trinajstić information content (AvgIpc) is 3.45. The second-order valence-electron chi connectivity index (χ2n) is 11.5. The topological polar surface area (TPSA) is 6.48 Å². The first-order chi connectivity index (χ1) is 19.8. The van der Waals surface area contributed by atoms with Crippen molar-refractivity contribution in [3.05, 3.63) is 93.6 Å². The van der Waals surface area contributed by atoms with Crippen molar-refractivity contribution in [1.82, 2.24) is 0 Å². The Bertz CT molecular complexity index is 1160. The van der Waals surface area contributed by atoms with E-state index in [2.05, 4.69) is 108 Å². The first-order valence-electron chi connectivity index (χ1n) is 14.6. The molecule has 0 radical (unpaired) electrons. The fourth-order valence-electron chi connectivity index (χ4n) is 5.01. The van der Waals surface area contributed by atoms with Crippen LogP contribution < -0.4 is 9.80 Å². The SMILES string of the molecule is CC(C)c1cccc(C(C)C)c1N1[CH-]N(c2c(C(C)C)cccc2C(C)C)CC1.C[CH]=[Ru][Cl].[S-]c1c(Cl)cccc1Cl. The van der Waals surface area contributed by atoms with E-state index in [9.17, 15) is 0 Å². The number of benzene rings is 3. The number of anilines is 2. The smallest absolute Gasteiger partial charge is 0.0229 e. The van der Waals surface area contributed by atoms with Gasteiger partial charge < -0.3 is 22.4 Å². The molecular weight excluding hydrogens is 688 g/mol. The molecule has 233 valence electrons. The molecule has 42 heavy (non-hydrogen) atoms. The third kappa shape index (κ3) is 9.93. The van der Waals surface area contributed by atoms with Crippen molar-refractivity contribution < 1.29 is 15.7 Å². The predicted molar refractivity (Wildman–Crippen MR) is 188 cm³/mol. The zero-order chi connectivity index (χ0) is 31.6. The largest absolute Gasteiger partial charge is 0.777 e. The summed E-state index contributed by atoms with van der Waals surface area (Å²) in [4.78, 5) is 5.54. The fourth-order valence-corrected chi connectivity index (χ4v) is 5.54. The van der Waals surface area contributed by atoms with E-state index in [1.807, 2.05) is 11.5 Å². The van der Waals surface area contributed by atoms with E-state index in [0.29, 0.717) is 38.6 Å². The van der Waals surface area contributed by atoms with Crippen LogP contribution in [-0.4, -0.2) is 17.7 Å². The second kappa shape index (κ2) is 18.0. The van der Waals surface area contributed by atoms with Crippen LogP contribution >= 0.6 is 32.9 Å². The van der Waals surface area contributed by atoms with Crippen LogP contribution in [0.5, 0.6) is 0 Å².